The maximum absolute atomic E-state index is 13.8. The third-order valence-electron chi connectivity index (χ3n) is 4.73. The van der Waals surface area contributed by atoms with Gasteiger partial charge < -0.3 is 19.7 Å². The van der Waals surface area contributed by atoms with Crippen molar-refractivity contribution in [3.8, 4) is 0 Å². The van der Waals surface area contributed by atoms with Crippen molar-refractivity contribution in [2.45, 2.75) is 25.3 Å². The van der Waals surface area contributed by atoms with Crippen LogP contribution in [0.4, 0.5) is 14.9 Å². The van der Waals surface area contributed by atoms with E-state index in [1.165, 1.54) is 6.07 Å². The van der Waals surface area contributed by atoms with Crippen LogP contribution in [0.5, 0.6) is 0 Å². The van der Waals surface area contributed by atoms with Gasteiger partial charge in [-0.2, -0.15) is 0 Å². The topological polar surface area (TPSA) is 53.4 Å². The van der Waals surface area contributed by atoms with Gasteiger partial charge in [-0.3, -0.25) is 0 Å². The van der Waals surface area contributed by atoms with Crippen LogP contribution in [0.1, 0.15) is 24.6 Å². The first kappa shape index (κ1) is 18.4. The summed E-state index contributed by atoms with van der Waals surface area (Å²) in [6, 6.07) is 5.97. The first-order valence-corrected chi connectivity index (χ1v) is 9.01. The van der Waals surface area contributed by atoms with Crippen molar-refractivity contribution < 1.29 is 9.18 Å². The van der Waals surface area contributed by atoms with Crippen molar-refractivity contribution in [2.24, 2.45) is 0 Å². The van der Waals surface area contributed by atoms with Crippen molar-refractivity contribution in [2.75, 3.05) is 39.0 Å². The molecule has 0 spiro atoms. The maximum Gasteiger partial charge on any atom is 0.321 e. The van der Waals surface area contributed by atoms with E-state index >= 15 is 0 Å². The highest BCUT2D eigenvalue weighted by atomic mass is 19.1. The van der Waals surface area contributed by atoms with E-state index in [2.05, 4.69) is 19.8 Å². The predicted octanol–water partition coefficient (Wildman–Crippen LogP) is 3.00. The molecule has 3 rings (SSSR count). The van der Waals surface area contributed by atoms with Gasteiger partial charge in [0.2, 0.25) is 0 Å². The number of halogens is 1. The third-order valence-corrected chi connectivity index (χ3v) is 4.73. The number of nitrogens with one attached hydrogen (secondary N) is 1. The Kier molecular flexibility index (Phi) is 5.88. The summed E-state index contributed by atoms with van der Waals surface area (Å²) in [6.07, 6.45) is 5.74. The number of carbonyl (C=O) groups excluding carboxylic acids is 1. The number of urea groups is 1. The van der Waals surface area contributed by atoms with E-state index in [0.29, 0.717) is 13.1 Å². The van der Waals surface area contributed by atoms with E-state index in [-0.39, 0.29) is 17.6 Å². The van der Waals surface area contributed by atoms with E-state index in [9.17, 15) is 9.18 Å². The Morgan fingerprint density at radius 1 is 1.38 bits per heavy atom. The fraction of sp³-hybridized carbons (Fsp3) is 0.474. The van der Waals surface area contributed by atoms with Crippen LogP contribution in [0.15, 0.2) is 36.7 Å². The predicted molar refractivity (Wildman–Crippen MR) is 99.7 cm³/mol. The highest BCUT2D eigenvalue weighted by Crippen LogP contribution is 2.26. The Bertz CT molecular complexity index is 745. The van der Waals surface area contributed by atoms with Gasteiger partial charge in [0.15, 0.2) is 0 Å². The van der Waals surface area contributed by atoms with Gasteiger partial charge in [0, 0.05) is 44.5 Å². The molecule has 2 heterocycles. The van der Waals surface area contributed by atoms with E-state index in [1.807, 2.05) is 26.5 Å². The number of nitrogens with zero attached hydrogens (tertiary/aromatic N) is 4. The van der Waals surface area contributed by atoms with Gasteiger partial charge in [-0.25, -0.2) is 14.2 Å². The van der Waals surface area contributed by atoms with Crippen LogP contribution in [0.25, 0.3) is 0 Å². The lowest BCUT2D eigenvalue weighted by Crippen LogP contribution is -2.42. The zero-order valence-electron chi connectivity index (χ0n) is 15.4. The van der Waals surface area contributed by atoms with E-state index in [1.54, 1.807) is 23.1 Å². The van der Waals surface area contributed by atoms with Crippen molar-refractivity contribution in [3.05, 3.63) is 48.3 Å². The summed E-state index contributed by atoms with van der Waals surface area (Å²) >= 11 is 0. The number of hydrogen-bond acceptors (Lipinski definition) is 3. The van der Waals surface area contributed by atoms with Crippen LogP contribution in [0.2, 0.25) is 0 Å². The van der Waals surface area contributed by atoms with Crippen LogP contribution in [-0.2, 0) is 6.54 Å². The van der Waals surface area contributed by atoms with Crippen molar-refractivity contribution in [1.82, 2.24) is 19.4 Å². The molecule has 6 nitrogen and oxygen atoms in total. The summed E-state index contributed by atoms with van der Waals surface area (Å²) in [7, 11) is 4.10. The molecule has 2 aromatic rings. The number of aromatic nitrogens is 2. The van der Waals surface area contributed by atoms with Gasteiger partial charge in [0.05, 0.1) is 5.69 Å². The molecule has 1 N–H and O–H groups in total. The molecule has 1 aliphatic rings. The molecule has 0 bridgehead atoms. The Hall–Kier alpha value is -2.41. The van der Waals surface area contributed by atoms with Gasteiger partial charge in [0.1, 0.15) is 11.6 Å². The highest BCUT2D eigenvalue weighted by molar-refractivity contribution is 5.89. The van der Waals surface area contributed by atoms with Crippen LogP contribution >= 0.6 is 0 Å². The van der Waals surface area contributed by atoms with Gasteiger partial charge in [-0.1, -0.05) is 12.1 Å². The van der Waals surface area contributed by atoms with Gasteiger partial charge >= 0.3 is 6.03 Å². The number of para-hydroxylation sites is 1. The van der Waals surface area contributed by atoms with Gasteiger partial charge in [0.25, 0.3) is 0 Å². The summed E-state index contributed by atoms with van der Waals surface area (Å²) in [5.74, 6) is 0.802. The number of likely N-dealkylation sites (tertiary alicyclic amines) is 1. The standard InChI is InChI=1S/C19H26FN5O/c1-23(2)12-13-24-11-9-21-18(24)15-6-5-10-25(14-15)19(26)22-17-8-4-3-7-16(17)20/h3-4,7-9,11,15H,5-6,10,12-14H2,1-2H3,(H,22,26)/t15-/m1/s1. The SMILES string of the molecule is CN(C)CCn1ccnc1[C@@H]1CCCN(C(=O)Nc2ccccc2F)C1. The summed E-state index contributed by atoms with van der Waals surface area (Å²) in [4.78, 5) is 21.0. The minimum Gasteiger partial charge on any atom is -0.333 e. The second-order valence-corrected chi connectivity index (χ2v) is 6.98. The van der Waals surface area contributed by atoms with Crippen molar-refractivity contribution >= 4 is 11.7 Å². The van der Waals surface area contributed by atoms with E-state index in [0.717, 1.165) is 31.8 Å². The lowest BCUT2D eigenvalue weighted by molar-refractivity contribution is 0.190. The van der Waals surface area contributed by atoms with E-state index < -0.39 is 5.82 Å². The molecule has 1 aromatic carbocycles. The molecule has 26 heavy (non-hydrogen) atoms. The van der Waals surface area contributed by atoms with E-state index in [4.69, 9.17) is 0 Å². The summed E-state index contributed by atoms with van der Waals surface area (Å²) in [5, 5.41) is 2.68. The third kappa shape index (κ3) is 4.40. The minimum absolute atomic E-state index is 0.201. The second-order valence-electron chi connectivity index (χ2n) is 6.98. The highest BCUT2D eigenvalue weighted by Gasteiger charge is 2.27. The van der Waals surface area contributed by atoms with Crippen LogP contribution in [0.3, 0.4) is 0 Å². The number of anilines is 1. The normalized spacial score (nSPS) is 17.5. The van der Waals surface area contributed by atoms with Gasteiger partial charge in [-0.05, 0) is 39.1 Å². The number of imidazole rings is 1. The molecular formula is C19H26FN5O. The Balaban J connectivity index is 1.65. The molecule has 0 saturated carbocycles. The molecule has 7 heteroatoms. The number of benzene rings is 1. The molecule has 0 unspecified atom stereocenters. The zero-order chi connectivity index (χ0) is 18.5. The number of piperidine rings is 1. The summed E-state index contributed by atoms with van der Waals surface area (Å²) in [6.45, 7) is 3.09. The molecule has 1 aliphatic heterocycles. The Morgan fingerprint density at radius 3 is 2.96 bits per heavy atom. The molecular weight excluding hydrogens is 333 g/mol. The summed E-state index contributed by atoms with van der Waals surface area (Å²) < 4.78 is 15.9. The number of hydrogen-bond donors (Lipinski definition) is 1. The number of carbonyl (C=O) groups is 1. The molecule has 0 radical (unpaired) electrons. The van der Waals surface area contributed by atoms with Crippen LogP contribution in [0, 0.1) is 5.82 Å². The van der Waals surface area contributed by atoms with Crippen LogP contribution < -0.4 is 5.32 Å². The second kappa shape index (κ2) is 8.31. The Morgan fingerprint density at radius 2 is 2.19 bits per heavy atom. The van der Waals surface area contributed by atoms with Crippen molar-refractivity contribution in [1.29, 1.82) is 0 Å². The molecule has 2 amide bonds. The fourth-order valence-corrected chi connectivity index (χ4v) is 3.31. The first-order valence-electron chi connectivity index (χ1n) is 9.01. The Labute approximate surface area is 153 Å². The lowest BCUT2D eigenvalue weighted by Gasteiger charge is -2.32. The summed E-state index contributed by atoms with van der Waals surface area (Å²) in [5.41, 5.74) is 0.215. The maximum atomic E-state index is 13.8. The molecule has 1 aromatic heterocycles. The lowest BCUT2D eigenvalue weighted by atomic mass is 9.97. The smallest absolute Gasteiger partial charge is 0.321 e. The average Bonchev–Trinajstić information content (AvgIpc) is 3.10. The zero-order valence-corrected chi connectivity index (χ0v) is 15.4. The largest absolute Gasteiger partial charge is 0.333 e. The molecule has 140 valence electrons. The molecule has 1 fully saturated rings. The number of likely N-dealkylation sites (N-methyl/N-ethyl adjacent to an activating group) is 1. The molecule has 0 aliphatic carbocycles. The average molecular weight is 359 g/mol. The van der Waals surface area contributed by atoms with Gasteiger partial charge in [-0.15, -0.1) is 0 Å². The minimum atomic E-state index is -0.423. The van der Waals surface area contributed by atoms with Crippen LogP contribution in [-0.4, -0.2) is 59.1 Å². The number of amides is 2. The molecule has 1 atom stereocenters. The fourth-order valence-electron chi connectivity index (χ4n) is 3.31. The first-order chi connectivity index (χ1) is 12.5. The monoisotopic (exact) mass is 359 g/mol. The van der Waals surface area contributed by atoms with Crippen molar-refractivity contribution in [3.63, 3.8) is 0 Å². The number of rotatable bonds is 5. The quantitative estimate of drug-likeness (QED) is 0.893. The molecule has 1 saturated heterocycles.